The molecule has 1 amide bonds. The maximum Gasteiger partial charge on any atom is 0.416 e. The van der Waals surface area contributed by atoms with Gasteiger partial charge < -0.3 is 10.0 Å². The molecule has 2 heterocycles. The largest absolute Gasteiger partial charge is 0.416 e. The molecule has 0 radical (unpaired) electrons. The van der Waals surface area contributed by atoms with E-state index in [-0.39, 0.29) is 24.3 Å². The Balaban J connectivity index is 1.25. The van der Waals surface area contributed by atoms with Gasteiger partial charge in [0.1, 0.15) is 17.5 Å². The summed E-state index contributed by atoms with van der Waals surface area (Å²) >= 11 is 0. The average molecular weight is 586 g/mol. The predicted octanol–water partition coefficient (Wildman–Crippen LogP) is 5.98. The molecule has 2 atom stereocenters. The molecule has 0 saturated carbocycles. The van der Waals surface area contributed by atoms with Crippen LogP contribution in [0.15, 0.2) is 77.8 Å². The summed E-state index contributed by atoms with van der Waals surface area (Å²) in [7, 11) is 0. The number of piperidine rings is 1. The van der Waals surface area contributed by atoms with Crippen molar-refractivity contribution in [1.29, 1.82) is 0 Å². The molecule has 2 aliphatic rings. The second-order valence-electron chi connectivity index (χ2n) is 11.0. The highest BCUT2D eigenvalue weighted by Crippen LogP contribution is 2.41. The van der Waals surface area contributed by atoms with Crippen LogP contribution in [0, 0.1) is 17.6 Å². The van der Waals surface area contributed by atoms with Crippen molar-refractivity contribution in [2.75, 3.05) is 32.8 Å². The number of hydrogen-bond acceptors (Lipinski definition) is 4. The first-order chi connectivity index (χ1) is 20.0. The Hall–Kier alpha value is -3.63. The van der Waals surface area contributed by atoms with Gasteiger partial charge in [0.25, 0.3) is 5.91 Å². The van der Waals surface area contributed by atoms with Crippen molar-refractivity contribution in [3.63, 3.8) is 0 Å². The van der Waals surface area contributed by atoms with Gasteiger partial charge in [-0.05, 0) is 91.9 Å². The van der Waals surface area contributed by atoms with Gasteiger partial charge in [-0.3, -0.25) is 9.69 Å². The number of nitrogens with zero attached hydrogens (tertiary/aromatic N) is 3. The van der Waals surface area contributed by atoms with E-state index < -0.39 is 28.9 Å². The Morgan fingerprint density at radius 2 is 1.48 bits per heavy atom. The maximum absolute atomic E-state index is 14.0. The molecule has 3 aromatic carbocycles. The number of carbonyl (C=O) groups is 1. The average Bonchev–Trinajstić information content (AvgIpc) is 3.23. The highest BCUT2D eigenvalue weighted by atomic mass is 19.4. The Morgan fingerprint density at radius 3 is 2.00 bits per heavy atom. The monoisotopic (exact) mass is 585 g/mol. The van der Waals surface area contributed by atoms with E-state index >= 15 is 0 Å². The van der Waals surface area contributed by atoms with E-state index in [2.05, 4.69) is 4.90 Å². The van der Waals surface area contributed by atoms with Crippen molar-refractivity contribution < 1.29 is 31.9 Å². The zero-order chi connectivity index (χ0) is 30.1. The van der Waals surface area contributed by atoms with Gasteiger partial charge in [0.2, 0.25) is 0 Å². The molecule has 2 aliphatic heterocycles. The van der Waals surface area contributed by atoms with E-state index in [0.29, 0.717) is 56.0 Å². The molecular weight excluding hydrogens is 553 g/mol. The normalized spacial score (nSPS) is 21.1. The van der Waals surface area contributed by atoms with Gasteiger partial charge in [-0.25, -0.2) is 13.8 Å². The molecular formula is C32H32F5N3O2. The summed E-state index contributed by atoms with van der Waals surface area (Å²) in [5.74, 6) is -0.860. The van der Waals surface area contributed by atoms with Crippen molar-refractivity contribution in [2.24, 2.45) is 10.9 Å². The van der Waals surface area contributed by atoms with E-state index in [0.717, 1.165) is 17.7 Å². The van der Waals surface area contributed by atoms with Crippen LogP contribution < -0.4 is 0 Å². The minimum Gasteiger partial charge on any atom is -0.396 e. The first kappa shape index (κ1) is 29.8. The van der Waals surface area contributed by atoms with Crippen LogP contribution in [0.25, 0.3) is 0 Å². The molecule has 0 aromatic heterocycles. The van der Waals surface area contributed by atoms with Crippen molar-refractivity contribution in [3.8, 4) is 0 Å². The van der Waals surface area contributed by atoms with Crippen LogP contribution in [-0.4, -0.2) is 59.4 Å². The second kappa shape index (κ2) is 11.9. The van der Waals surface area contributed by atoms with Crippen LogP contribution in [-0.2, 0) is 16.5 Å². The lowest BCUT2D eigenvalue weighted by Gasteiger charge is -2.38. The first-order valence-corrected chi connectivity index (χ1v) is 13.9. The second-order valence-corrected chi connectivity index (χ2v) is 11.0. The molecule has 2 unspecified atom stereocenters. The third-order valence-corrected chi connectivity index (χ3v) is 8.37. The summed E-state index contributed by atoms with van der Waals surface area (Å²) in [5, 5.41) is 10.1. The van der Waals surface area contributed by atoms with Crippen LogP contribution in [0.3, 0.4) is 0 Å². The van der Waals surface area contributed by atoms with Gasteiger partial charge >= 0.3 is 6.18 Å². The number of amides is 1. The number of alkyl halides is 3. The molecule has 0 bridgehead atoms. The summed E-state index contributed by atoms with van der Waals surface area (Å²) in [6.07, 6.45) is -3.08. The minimum absolute atomic E-state index is 0.0462. The fraction of sp³-hybridized carbons (Fsp3) is 0.375. The van der Waals surface area contributed by atoms with Crippen LogP contribution in [0.2, 0.25) is 0 Å². The molecule has 0 spiro atoms. The minimum atomic E-state index is -4.39. The zero-order valence-electron chi connectivity index (χ0n) is 23.1. The standard InChI is InChI=1S/C32H32F5N3O2/c1-21-38-31(24-7-11-27(33)12-8-24,25-9-13-28(34)14-10-25)30(42)40(21)17-2-16-39-18-15-29(23(19-39)20-41)22-3-5-26(6-4-22)32(35,36)37/h3-14,23,29,41H,2,15-20H2,1H3. The Morgan fingerprint density at radius 1 is 0.905 bits per heavy atom. The lowest BCUT2D eigenvalue weighted by molar-refractivity contribution is -0.137. The molecule has 5 nitrogen and oxygen atoms in total. The van der Waals surface area contributed by atoms with E-state index in [9.17, 15) is 31.9 Å². The number of likely N-dealkylation sites (tertiary alicyclic amines) is 1. The molecule has 0 aliphatic carbocycles. The summed E-state index contributed by atoms with van der Waals surface area (Å²) in [5.41, 5.74) is -0.387. The highest BCUT2D eigenvalue weighted by molar-refractivity contribution is 6.09. The Kier molecular flexibility index (Phi) is 8.48. The molecule has 1 saturated heterocycles. The van der Waals surface area contributed by atoms with Gasteiger partial charge in [-0.1, -0.05) is 36.4 Å². The number of hydrogen-bond donors (Lipinski definition) is 1. The van der Waals surface area contributed by atoms with Crippen molar-refractivity contribution >= 4 is 11.7 Å². The summed E-state index contributed by atoms with van der Waals surface area (Å²) in [6, 6.07) is 16.3. The number of halogens is 5. The lowest BCUT2D eigenvalue weighted by Crippen LogP contribution is -2.44. The van der Waals surface area contributed by atoms with E-state index in [1.165, 1.54) is 60.7 Å². The van der Waals surface area contributed by atoms with Gasteiger partial charge in [-0.2, -0.15) is 13.2 Å². The number of rotatable bonds is 8. The summed E-state index contributed by atoms with van der Waals surface area (Å²) in [6.45, 7) is 3.96. The third kappa shape index (κ3) is 5.83. The smallest absolute Gasteiger partial charge is 0.396 e. The zero-order valence-corrected chi connectivity index (χ0v) is 23.1. The Bertz CT molecular complexity index is 1380. The number of aliphatic imine (C=N–C) groups is 1. The number of carbonyl (C=O) groups excluding carboxylic acids is 1. The van der Waals surface area contributed by atoms with Crippen LogP contribution in [0.4, 0.5) is 22.0 Å². The highest BCUT2D eigenvalue weighted by Gasteiger charge is 2.50. The molecule has 1 N–H and O–H groups in total. The van der Waals surface area contributed by atoms with Crippen molar-refractivity contribution in [3.05, 3.63) is 107 Å². The third-order valence-electron chi connectivity index (χ3n) is 8.37. The van der Waals surface area contributed by atoms with Gasteiger partial charge in [0, 0.05) is 25.6 Å². The summed E-state index contributed by atoms with van der Waals surface area (Å²) < 4.78 is 66.4. The van der Waals surface area contributed by atoms with Gasteiger partial charge in [-0.15, -0.1) is 0 Å². The number of amidine groups is 1. The van der Waals surface area contributed by atoms with E-state index in [4.69, 9.17) is 4.99 Å². The van der Waals surface area contributed by atoms with Crippen LogP contribution in [0.5, 0.6) is 0 Å². The Labute approximate surface area is 241 Å². The van der Waals surface area contributed by atoms with Crippen LogP contribution >= 0.6 is 0 Å². The van der Waals surface area contributed by atoms with Crippen molar-refractivity contribution in [1.82, 2.24) is 9.80 Å². The number of benzene rings is 3. The van der Waals surface area contributed by atoms with E-state index in [1.54, 1.807) is 11.8 Å². The molecule has 3 aromatic rings. The van der Waals surface area contributed by atoms with E-state index in [1.807, 2.05) is 0 Å². The topological polar surface area (TPSA) is 56.1 Å². The molecule has 42 heavy (non-hydrogen) atoms. The molecule has 1 fully saturated rings. The van der Waals surface area contributed by atoms with Gasteiger partial charge in [0.05, 0.1) is 5.56 Å². The predicted molar refractivity (Wildman–Crippen MR) is 149 cm³/mol. The fourth-order valence-electron chi connectivity index (χ4n) is 6.19. The maximum atomic E-state index is 14.0. The SMILES string of the molecule is CC1=NC(c2ccc(F)cc2)(c2ccc(F)cc2)C(=O)N1CCCN1CCC(c2ccc(C(F)(F)F)cc2)C(CO)C1. The van der Waals surface area contributed by atoms with Gasteiger partial charge in [0.15, 0.2) is 5.54 Å². The van der Waals surface area contributed by atoms with Crippen LogP contribution in [0.1, 0.15) is 47.9 Å². The summed E-state index contributed by atoms with van der Waals surface area (Å²) in [4.78, 5) is 22.5. The number of aliphatic hydroxyl groups is 1. The molecule has 222 valence electrons. The quantitative estimate of drug-likeness (QED) is 0.331. The number of aliphatic hydroxyl groups excluding tert-OH is 1. The first-order valence-electron chi connectivity index (χ1n) is 13.9. The lowest BCUT2D eigenvalue weighted by atomic mass is 9.80. The van der Waals surface area contributed by atoms with Crippen molar-refractivity contribution in [2.45, 2.75) is 37.4 Å². The molecule has 5 rings (SSSR count). The molecule has 10 heteroatoms. The fourth-order valence-corrected chi connectivity index (χ4v) is 6.19.